The van der Waals surface area contributed by atoms with Gasteiger partial charge in [0.05, 0.1) is 5.92 Å². The maximum Gasteiger partial charge on any atom is 0.417 e. The van der Waals surface area contributed by atoms with Gasteiger partial charge in [-0.1, -0.05) is 32.9 Å². The number of hydrogen-bond acceptors (Lipinski definition) is 4. The minimum absolute atomic E-state index is 0.171. The maximum atomic E-state index is 12.3. The zero-order valence-corrected chi connectivity index (χ0v) is 18.1. The smallest absolute Gasteiger partial charge is 0.417 e. The van der Waals surface area contributed by atoms with Crippen molar-refractivity contribution in [2.24, 2.45) is 5.92 Å². The van der Waals surface area contributed by atoms with Gasteiger partial charge in [0.25, 0.3) is 0 Å². The van der Waals surface area contributed by atoms with E-state index < -0.39 is 20.0 Å². The average Bonchev–Trinajstić information content (AvgIpc) is 2.76. The van der Waals surface area contributed by atoms with Crippen molar-refractivity contribution < 1.29 is 18.8 Å². The summed E-state index contributed by atoms with van der Waals surface area (Å²) < 4.78 is 11.4. The van der Waals surface area contributed by atoms with Crippen LogP contribution in [0.5, 0.6) is 0 Å². The molecule has 2 amide bonds. The molecule has 0 aromatic heterocycles. The molecule has 0 N–H and O–H groups in total. The van der Waals surface area contributed by atoms with E-state index in [1.807, 2.05) is 12.2 Å². The first-order valence-electron chi connectivity index (χ1n) is 9.09. The van der Waals surface area contributed by atoms with Gasteiger partial charge in [0.1, 0.15) is 5.60 Å². The molecule has 0 bridgehead atoms. The summed E-state index contributed by atoms with van der Waals surface area (Å²) in [4.78, 5) is 25.6. The molecule has 1 aliphatic heterocycles. The molecule has 0 aromatic carbocycles. The van der Waals surface area contributed by atoms with E-state index in [0.717, 1.165) is 6.42 Å². The summed E-state index contributed by atoms with van der Waals surface area (Å²) >= 11 is 0. The lowest BCUT2D eigenvalue weighted by atomic mass is 10.1. The van der Waals surface area contributed by atoms with Crippen molar-refractivity contribution in [1.29, 1.82) is 0 Å². The SMILES string of the molecule is CC(C)(C)OC(=O)N1CCC(/C=C/CCO[Si](C)(C)C(C)(C)C)C1=O. The molecule has 5 nitrogen and oxygen atoms in total. The zero-order valence-electron chi connectivity index (χ0n) is 17.1. The molecule has 0 spiro atoms. The normalized spacial score (nSPS) is 19.8. The summed E-state index contributed by atoms with van der Waals surface area (Å²) in [5.74, 6) is -0.406. The van der Waals surface area contributed by atoms with Crippen molar-refractivity contribution in [3.8, 4) is 0 Å². The van der Waals surface area contributed by atoms with Gasteiger partial charge in [-0.2, -0.15) is 0 Å². The van der Waals surface area contributed by atoms with Crippen LogP contribution in [-0.4, -0.2) is 44.0 Å². The van der Waals surface area contributed by atoms with Crippen LogP contribution in [0.4, 0.5) is 4.79 Å². The quantitative estimate of drug-likeness (QED) is 0.399. The zero-order chi connectivity index (χ0) is 19.5. The molecule has 25 heavy (non-hydrogen) atoms. The Balaban J connectivity index is 2.45. The third-order valence-corrected chi connectivity index (χ3v) is 9.32. The predicted octanol–water partition coefficient (Wildman–Crippen LogP) is 4.74. The van der Waals surface area contributed by atoms with E-state index in [9.17, 15) is 9.59 Å². The second-order valence-corrected chi connectivity index (χ2v) is 14.0. The topological polar surface area (TPSA) is 55.8 Å². The molecule has 0 aliphatic carbocycles. The van der Waals surface area contributed by atoms with Crippen LogP contribution in [0, 0.1) is 5.92 Å². The van der Waals surface area contributed by atoms with Crippen molar-refractivity contribution in [3.63, 3.8) is 0 Å². The number of rotatable bonds is 5. The highest BCUT2D eigenvalue weighted by Crippen LogP contribution is 2.36. The summed E-state index contributed by atoms with van der Waals surface area (Å²) in [6.07, 6.45) is 4.78. The van der Waals surface area contributed by atoms with Gasteiger partial charge in [-0.05, 0) is 51.7 Å². The minimum Gasteiger partial charge on any atom is -0.443 e. The highest BCUT2D eigenvalue weighted by atomic mass is 28.4. The lowest BCUT2D eigenvalue weighted by molar-refractivity contribution is -0.129. The standard InChI is InChI=1S/C19H35NO4Si/c1-18(2,3)24-17(22)20-13-12-15(16(20)21)11-9-10-14-23-25(7,8)19(4,5)6/h9,11,15H,10,12-14H2,1-8H3/b11-9+. The number of carbonyl (C=O) groups is 2. The fraction of sp³-hybridized carbons (Fsp3) is 0.789. The third kappa shape index (κ3) is 6.59. The van der Waals surface area contributed by atoms with Gasteiger partial charge in [-0.25, -0.2) is 9.69 Å². The summed E-state index contributed by atoms with van der Waals surface area (Å²) in [5.41, 5.74) is -0.591. The van der Waals surface area contributed by atoms with E-state index in [2.05, 4.69) is 33.9 Å². The van der Waals surface area contributed by atoms with Gasteiger partial charge in [0, 0.05) is 13.2 Å². The highest BCUT2D eigenvalue weighted by Gasteiger charge is 2.37. The van der Waals surface area contributed by atoms with Crippen molar-refractivity contribution in [2.75, 3.05) is 13.2 Å². The molecule has 0 radical (unpaired) electrons. The Morgan fingerprint density at radius 1 is 1.24 bits per heavy atom. The first-order chi connectivity index (χ1) is 11.2. The number of likely N-dealkylation sites (tertiary alicyclic amines) is 1. The van der Waals surface area contributed by atoms with E-state index in [4.69, 9.17) is 9.16 Å². The number of imide groups is 1. The molecule has 1 heterocycles. The van der Waals surface area contributed by atoms with Gasteiger partial charge in [-0.15, -0.1) is 0 Å². The van der Waals surface area contributed by atoms with E-state index >= 15 is 0 Å². The maximum absolute atomic E-state index is 12.3. The Hall–Kier alpha value is -1.14. The molecule has 1 aliphatic rings. The molecule has 6 heteroatoms. The molecule has 0 aromatic rings. The first kappa shape index (κ1) is 21.9. The summed E-state index contributed by atoms with van der Waals surface area (Å²) in [6.45, 7) is 17.6. The largest absolute Gasteiger partial charge is 0.443 e. The van der Waals surface area contributed by atoms with Crippen molar-refractivity contribution >= 4 is 20.3 Å². The number of nitrogens with zero attached hydrogens (tertiary/aromatic N) is 1. The van der Waals surface area contributed by atoms with Gasteiger partial charge < -0.3 is 9.16 Å². The van der Waals surface area contributed by atoms with E-state index in [1.165, 1.54) is 4.90 Å². The molecule has 1 rings (SSSR count). The molecule has 1 atom stereocenters. The summed E-state index contributed by atoms with van der Waals surface area (Å²) in [5, 5.41) is 0.200. The van der Waals surface area contributed by atoms with Crippen molar-refractivity contribution in [3.05, 3.63) is 12.2 Å². The van der Waals surface area contributed by atoms with Gasteiger partial charge >= 0.3 is 6.09 Å². The second kappa shape index (κ2) is 8.04. The van der Waals surface area contributed by atoms with Crippen LogP contribution in [0.1, 0.15) is 54.4 Å². The molecule has 1 fully saturated rings. The molecule has 1 unspecified atom stereocenters. The van der Waals surface area contributed by atoms with Gasteiger partial charge in [0.2, 0.25) is 5.91 Å². The number of amides is 2. The van der Waals surface area contributed by atoms with Crippen LogP contribution in [0.3, 0.4) is 0 Å². The van der Waals surface area contributed by atoms with Crippen molar-refractivity contribution in [2.45, 2.75) is 78.1 Å². The van der Waals surface area contributed by atoms with Crippen molar-refractivity contribution in [1.82, 2.24) is 4.90 Å². The lowest BCUT2D eigenvalue weighted by Crippen LogP contribution is -2.40. The van der Waals surface area contributed by atoms with Crippen LogP contribution < -0.4 is 0 Å². The number of carbonyl (C=O) groups excluding carboxylic acids is 2. The fourth-order valence-electron chi connectivity index (χ4n) is 2.24. The minimum atomic E-state index is -1.72. The van der Waals surface area contributed by atoms with Gasteiger partial charge in [0.15, 0.2) is 8.32 Å². The molecule has 1 saturated heterocycles. The van der Waals surface area contributed by atoms with Gasteiger partial charge in [-0.3, -0.25) is 4.79 Å². The van der Waals surface area contributed by atoms with Crippen LogP contribution in [-0.2, 0) is 14.0 Å². The van der Waals surface area contributed by atoms with E-state index in [-0.39, 0.29) is 16.9 Å². The van der Waals surface area contributed by atoms with E-state index in [0.29, 0.717) is 19.6 Å². The van der Waals surface area contributed by atoms with E-state index in [1.54, 1.807) is 20.8 Å². The molecule has 144 valence electrons. The third-order valence-electron chi connectivity index (χ3n) is 4.78. The number of ether oxygens (including phenoxy) is 1. The Morgan fingerprint density at radius 2 is 1.84 bits per heavy atom. The molecular formula is C19H35NO4Si. The Kier molecular flexibility index (Phi) is 7.04. The summed E-state index contributed by atoms with van der Waals surface area (Å²) in [6, 6.07) is 0. The van der Waals surface area contributed by atoms with Crippen LogP contribution >= 0.6 is 0 Å². The monoisotopic (exact) mass is 369 g/mol. The van der Waals surface area contributed by atoms with Crippen LogP contribution in [0.25, 0.3) is 0 Å². The molecular weight excluding hydrogens is 334 g/mol. The van der Waals surface area contributed by atoms with Crippen LogP contribution in [0.15, 0.2) is 12.2 Å². The Morgan fingerprint density at radius 3 is 2.36 bits per heavy atom. The predicted molar refractivity (Wildman–Crippen MR) is 103 cm³/mol. The molecule has 0 saturated carbocycles. The van der Waals surface area contributed by atoms with Crippen LogP contribution in [0.2, 0.25) is 18.1 Å². The number of hydrogen-bond donors (Lipinski definition) is 0. The second-order valence-electron chi connectivity index (χ2n) is 9.19. The summed E-state index contributed by atoms with van der Waals surface area (Å²) in [7, 11) is -1.72. The fourth-order valence-corrected chi connectivity index (χ4v) is 3.30. The Bertz CT molecular complexity index is 514. The highest BCUT2D eigenvalue weighted by molar-refractivity contribution is 6.74. The lowest BCUT2D eigenvalue weighted by Gasteiger charge is -2.36. The average molecular weight is 370 g/mol. The Labute approximate surface area is 153 Å². The first-order valence-corrected chi connectivity index (χ1v) is 12.0.